The minimum atomic E-state index is -0.533. The van der Waals surface area contributed by atoms with Gasteiger partial charge in [0.15, 0.2) is 0 Å². The summed E-state index contributed by atoms with van der Waals surface area (Å²) in [5.41, 5.74) is 17.7. The molecule has 3 aliphatic carbocycles. The van der Waals surface area contributed by atoms with E-state index in [4.69, 9.17) is 11.6 Å². The number of hydrogen-bond acceptors (Lipinski definition) is 1. The monoisotopic (exact) mass is 641 g/mol. The van der Waals surface area contributed by atoms with Crippen LogP contribution in [0.1, 0.15) is 22.3 Å². The largest absolute Gasteiger partial charge is 0.310 e. The Morgan fingerprint density at radius 1 is 0.367 bits per heavy atom. The van der Waals surface area contributed by atoms with E-state index in [2.05, 4.69) is 175 Å². The summed E-state index contributed by atoms with van der Waals surface area (Å²) >= 11 is 7.80. The smallest absolute Gasteiger partial charge is 0.0727 e. The van der Waals surface area contributed by atoms with Gasteiger partial charge in [-0.05, 0) is 109 Å². The third kappa shape index (κ3) is 3.40. The van der Waals surface area contributed by atoms with Gasteiger partial charge in [0, 0.05) is 28.2 Å². The van der Waals surface area contributed by atoms with Crippen LogP contribution in [0, 0.1) is 0 Å². The first-order valence-corrected chi connectivity index (χ1v) is 17.3. The Kier molecular flexibility index (Phi) is 5.43. The molecule has 0 N–H and O–H groups in total. The topological polar surface area (TPSA) is 3.24 Å². The Morgan fingerprint density at radius 2 is 0.939 bits per heavy atom. The lowest BCUT2D eigenvalue weighted by Crippen LogP contribution is -2.26. The standard InChI is InChI=1S/C47H28ClN/c48-46-44-37-22-12-14-29-13-11-21-35(43(29)37)38(44)28-42-45(46)36-26-25-32(49(30-15-3-1-4-16-30)31-17-5-2-6-18-31)27-41(36)47(42)39-23-9-7-19-33(39)34-20-8-10-24-40(34)47/h1-28H. The lowest BCUT2D eigenvalue weighted by Gasteiger charge is -2.32. The molecule has 0 aliphatic heterocycles. The van der Waals surface area contributed by atoms with E-state index in [1.165, 1.54) is 66.4 Å². The van der Waals surface area contributed by atoms with E-state index < -0.39 is 5.41 Å². The van der Waals surface area contributed by atoms with Crippen molar-refractivity contribution in [1.29, 1.82) is 0 Å². The molecule has 0 saturated carbocycles. The fourth-order valence-electron chi connectivity index (χ4n) is 9.22. The highest BCUT2D eigenvalue weighted by Crippen LogP contribution is 2.67. The lowest BCUT2D eigenvalue weighted by molar-refractivity contribution is 0.794. The van der Waals surface area contributed by atoms with E-state index in [0.29, 0.717) is 0 Å². The molecule has 0 heterocycles. The molecular formula is C47H28ClN. The Balaban J connectivity index is 1.27. The van der Waals surface area contributed by atoms with E-state index in [0.717, 1.165) is 33.2 Å². The molecule has 228 valence electrons. The van der Waals surface area contributed by atoms with Gasteiger partial charge in [-0.25, -0.2) is 0 Å². The van der Waals surface area contributed by atoms with Gasteiger partial charge in [0.05, 0.1) is 10.4 Å². The average Bonchev–Trinajstić information content (AvgIpc) is 3.76. The predicted molar refractivity (Wildman–Crippen MR) is 204 cm³/mol. The molecule has 0 bridgehead atoms. The van der Waals surface area contributed by atoms with Crippen LogP contribution in [0.2, 0.25) is 5.02 Å². The Hall–Kier alpha value is -5.89. The number of nitrogens with zero attached hydrogens (tertiary/aromatic N) is 1. The molecule has 11 rings (SSSR count). The van der Waals surface area contributed by atoms with Crippen LogP contribution >= 0.6 is 11.6 Å². The third-order valence-electron chi connectivity index (χ3n) is 11.1. The number of anilines is 3. The summed E-state index contributed by atoms with van der Waals surface area (Å²) in [4.78, 5) is 2.36. The zero-order valence-corrected chi connectivity index (χ0v) is 27.2. The van der Waals surface area contributed by atoms with Crippen LogP contribution in [0.5, 0.6) is 0 Å². The van der Waals surface area contributed by atoms with Crippen LogP contribution in [-0.4, -0.2) is 0 Å². The summed E-state index contributed by atoms with van der Waals surface area (Å²) in [6, 6.07) is 62.1. The molecular weight excluding hydrogens is 614 g/mol. The normalized spacial score (nSPS) is 13.6. The van der Waals surface area contributed by atoms with Gasteiger partial charge in [0.2, 0.25) is 0 Å². The van der Waals surface area contributed by atoms with Crippen LogP contribution < -0.4 is 4.90 Å². The predicted octanol–water partition coefficient (Wildman–Crippen LogP) is 13.0. The third-order valence-corrected chi connectivity index (χ3v) is 11.4. The first kappa shape index (κ1) is 27.1. The number of para-hydroxylation sites is 2. The van der Waals surface area contributed by atoms with E-state index in [9.17, 15) is 0 Å². The van der Waals surface area contributed by atoms with Gasteiger partial charge in [-0.15, -0.1) is 0 Å². The molecule has 0 atom stereocenters. The highest BCUT2D eigenvalue weighted by Gasteiger charge is 2.53. The zero-order valence-electron chi connectivity index (χ0n) is 26.5. The van der Waals surface area contributed by atoms with Crippen molar-refractivity contribution in [2.75, 3.05) is 4.90 Å². The second kappa shape index (κ2) is 9.82. The SMILES string of the molecule is Clc1c2c(cc3c1-c1ccc(N(c4ccccc4)c4ccccc4)cc1C31c3ccccc3-c3ccccc31)-c1cccc3cccc-2c13. The van der Waals surface area contributed by atoms with Gasteiger partial charge < -0.3 is 4.90 Å². The molecule has 8 aromatic rings. The van der Waals surface area contributed by atoms with E-state index in [1.807, 2.05) is 0 Å². The molecule has 0 amide bonds. The Bertz CT molecular complexity index is 2580. The maximum Gasteiger partial charge on any atom is 0.0727 e. The first-order chi connectivity index (χ1) is 24.2. The fourth-order valence-corrected chi connectivity index (χ4v) is 9.63. The van der Waals surface area contributed by atoms with Crippen molar-refractivity contribution in [3.05, 3.63) is 197 Å². The Labute approximate surface area is 290 Å². The average molecular weight is 642 g/mol. The van der Waals surface area contributed by atoms with E-state index >= 15 is 0 Å². The maximum absolute atomic E-state index is 7.80. The van der Waals surface area contributed by atoms with E-state index in [-0.39, 0.29) is 0 Å². The molecule has 0 unspecified atom stereocenters. The van der Waals surface area contributed by atoms with Gasteiger partial charge in [0.25, 0.3) is 0 Å². The van der Waals surface area contributed by atoms with Gasteiger partial charge in [-0.1, -0.05) is 139 Å². The van der Waals surface area contributed by atoms with Crippen molar-refractivity contribution in [3.63, 3.8) is 0 Å². The molecule has 1 spiro atoms. The molecule has 49 heavy (non-hydrogen) atoms. The zero-order chi connectivity index (χ0) is 32.3. The fraction of sp³-hybridized carbons (Fsp3) is 0.0213. The number of fused-ring (bicyclic) bond motifs is 13. The van der Waals surface area contributed by atoms with Gasteiger partial charge >= 0.3 is 0 Å². The maximum atomic E-state index is 7.80. The molecule has 0 saturated heterocycles. The van der Waals surface area contributed by atoms with Crippen LogP contribution in [0.25, 0.3) is 55.3 Å². The Morgan fingerprint density at radius 3 is 1.59 bits per heavy atom. The van der Waals surface area contributed by atoms with Crippen molar-refractivity contribution >= 4 is 39.4 Å². The summed E-state index contributed by atoms with van der Waals surface area (Å²) in [6.45, 7) is 0. The molecule has 0 fully saturated rings. The van der Waals surface area contributed by atoms with Crippen LogP contribution in [-0.2, 0) is 5.41 Å². The van der Waals surface area contributed by atoms with Crippen molar-refractivity contribution < 1.29 is 0 Å². The summed E-state index contributed by atoms with van der Waals surface area (Å²) < 4.78 is 0. The molecule has 2 heteroatoms. The van der Waals surface area contributed by atoms with Crippen LogP contribution in [0.4, 0.5) is 17.1 Å². The summed E-state index contributed by atoms with van der Waals surface area (Å²) in [5.74, 6) is 0. The van der Waals surface area contributed by atoms with Crippen molar-refractivity contribution in [3.8, 4) is 44.5 Å². The first-order valence-electron chi connectivity index (χ1n) is 16.9. The van der Waals surface area contributed by atoms with Crippen molar-refractivity contribution in [2.45, 2.75) is 5.41 Å². The number of benzene rings is 8. The molecule has 8 aromatic carbocycles. The second-order valence-electron chi connectivity index (χ2n) is 13.3. The summed E-state index contributed by atoms with van der Waals surface area (Å²) in [6.07, 6.45) is 0. The lowest BCUT2D eigenvalue weighted by atomic mass is 9.70. The molecule has 0 radical (unpaired) electrons. The number of hydrogen-bond donors (Lipinski definition) is 0. The van der Waals surface area contributed by atoms with Gasteiger partial charge in [0.1, 0.15) is 0 Å². The molecule has 3 aliphatic rings. The van der Waals surface area contributed by atoms with Crippen molar-refractivity contribution in [2.24, 2.45) is 0 Å². The van der Waals surface area contributed by atoms with Crippen LogP contribution in [0.3, 0.4) is 0 Å². The minimum absolute atomic E-state index is 0.533. The minimum Gasteiger partial charge on any atom is -0.310 e. The molecule has 0 aromatic heterocycles. The van der Waals surface area contributed by atoms with Gasteiger partial charge in [-0.3, -0.25) is 0 Å². The summed E-state index contributed by atoms with van der Waals surface area (Å²) in [7, 11) is 0. The molecule has 1 nitrogen and oxygen atoms in total. The number of halogens is 1. The highest BCUT2D eigenvalue weighted by atomic mass is 35.5. The number of rotatable bonds is 3. The summed E-state index contributed by atoms with van der Waals surface area (Å²) in [5, 5.41) is 3.39. The van der Waals surface area contributed by atoms with E-state index in [1.54, 1.807) is 0 Å². The van der Waals surface area contributed by atoms with Crippen molar-refractivity contribution in [1.82, 2.24) is 0 Å². The highest BCUT2D eigenvalue weighted by molar-refractivity contribution is 6.39. The quantitative estimate of drug-likeness (QED) is 0.185. The van der Waals surface area contributed by atoms with Gasteiger partial charge in [-0.2, -0.15) is 0 Å². The second-order valence-corrected chi connectivity index (χ2v) is 13.7. The van der Waals surface area contributed by atoms with Crippen LogP contribution in [0.15, 0.2) is 170 Å².